The average molecular weight is 469 g/mol. The minimum Gasteiger partial charge on any atom is -0.334 e. The maximum absolute atomic E-state index is 14.4. The summed E-state index contributed by atoms with van der Waals surface area (Å²) in [5.41, 5.74) is 5.07. The van der Waals surface area contributed by atoms with Gasteiger partial charge >= 0.3 is 6.03 Å². The van der Waals surface area contributed by atoms with Crippen LogP contribution in [0.4, 0.5) is 14.9 Å². The van der Waals surface area contributed by atoms with E-state index >= 15 is 0 Å². The summed E-state index contributed by atoms with van der Waals surface area (Å²) in [6, 6.07) is 21.5. The van der Waals surface area contributed by atoms with Crippen LogP contribution in [0.3, 0.4) is 0 Å². The van der Waals surface area contributed by atoms with Crippen LogP contribution in [0, 0.1) is 12.7 Å². The van der Waals surface area contributed by atoms with Crippen LogP contribution in [0.1, 0.15) is 42.5 Å². The molecule has 0 saturated carbocycles. The van der Waals surface area contributed by atoms with Gasteiger partial charge in [0.15, 0.2) is 0 Å². The van der Waals surface area contributed by atoms with Crippen molar-refractivity contribution in [2.24, 2.45) is 0 Å². The highest BCUT2D eigenvalue weighted by Crippen LogP contribution is 2.39. The van der Waals surface area contributed by atoms with Crippen molar-refractivity contribution in [3.05, 3.63) is 107 Å². The van der Waals surface area contributed by atoms with Gasteiger partial charge in [-0.1, -0.05) is 72.7 Å². The fraction of sp³-hybridized carbons (Fsp3) is 0.179. The smallest absolute Gasteiger partial charge is 0.327 e. The number of amides is 2. The van der Waals surface area contributed by atoms with E-state index in [1.165, 1.54) is 16.5 Å². The van der Waals surface area contributed by atoms with Gasteiger partial charge in [0, 0.05) is 11.3 Å². The minimum atomic E-state index is -0.510. The minimum absolute atomic E-state index is 0.295. The van der Waals surface area contributed by atoms with E-state index in [0.717, 1.165) is 17.5 Å². The van der Waals surface area contributed by atoms with Crippen molar-refractivity contribution < 1.29 is 13.7 Å². The van der Waals surface area contributed by atoms with Gasteiger partial charge in [0.05, 0.1) is 17.3 Å². The molecular formula is C28H25FN4O2. The summed E-state index contributed by atoms with van der Waals surface area (Å²) in [6.45, 7) is 5.59. The third-order valence-corrected chi connectivity index (χ3v) is 6.31. The number of carbonyl (C=O) groups is 1. The zero-order valence-electron chi connectivity index (χ0n) is 19.7. The second kappa shape index (κ2) is 9.18. The molecule has 1 aliphatic rings. The van der Waals surface area contributed by atoms with Gasteiger partial charge in [-0.15, -0.1) is 0 Å². The Balaban J connectivity index is 1.65. The lowest BCUT2D eigenvalue weighted by Gasteiger charge is -2.35. The summed E-state index contributed by atoms with van der Waals surface area (Å²) in [6.07, 6.45) is 0.913. The summed E-state index contributed by atoms with van der Waals surface area (Å²) in [5, 5.41) is 7.24. The molecule has 1 aliphatic heterocycles. The first-order valence-corrected chi connectivity index (χ1v) is 11.5. The lowest BCUT2D eigenvalue weighted by atomic mass is 9.93. The fourth-order valence-corrected chi connectivity index (χ4v) is 4.28. The lowest BCUT2D eigenvalue weighted by Crippen LogP contribution is -2.46. The SMILES string of the molecule is CCc1ccc(C2NC(=O)N(c3ccc(C)c(F)c3)C(C)=C2c2nc(-c3ccccc3)no2)cc1. The lowest BCUT2D eigenvalue weighted by molar-refractivity contribution is 0.244. The molecule has 3 aromatic carbocycles. The summed E-state index contributed by atoms with van der Waals surface area (Å²) < 4.78 is 20.1. The third-order valence-electron chi connectivity index (χ3n) is 6.31. The first kappa shape index (κ1) is 22.5. The van der Waals surface area contributed by atoms with Gasteiger partial charge < -0.3 is 9.84 Å². The molecule has 7 heteroatoms. The van der Waals surface area contributed by atoms with Crippen LogP contribution in [0.5, 0.6) is 0 Å². The van der Waals surface area contributed by atoms with E-state index in [2.05, 4.69) is 22.4 Å². The Kier molecular flexibility index (Phi) is 5.91. The number of aryl methyl sites for hydroxylation is 2. The van der Waals surface area contributed by atoms with Crippen LogP contribution in [-0.2, 0) is 6.42 Å². The van der Waals surface area contributed by atoms with Crippen molar-refractivity contribution in [3.8, 4) is 11.4 Å². The van der Waals surface area contributed by atoms with Crippen molar-refractivity contribution >= 4 is 17.3 Å². The van der Waals surface area contributed by atoms with E-state index in [9.17, 15) is 9.18 Å². The molecule has 1 N–H and O–H groups in total. The molecule has 0 bridgehead atoms. The number of allylic oxidation sites excluding steroid dienone is 1. The van der Waals surface area contributed by atoms with Crippen LogP contribution in [0.25, 0.3) is 17.0 Å². The second-order valence-electron chi connectivity index (χ2n) is 8.53. The Labute approximate surface area is 203 Å². The topological polar surface area (TPSA) is 71.3 Å². The zero-order valence-corrected chi connectivity index (χ0v) is 19.7. The molecule has 0 saturated heterocycles. The van der Waals surface area contributed by atoms with Gasteiger partial charge in [0.25, 0.3) is 5.89 Å². The highest BCUT2D eigenvalue weighted by molar-refractivity contribution is 6.01. The van der Waals surface area contributed by atoms with E-state index in [-0.39, 0.29) is 11.8 Å². The largest absolute Gasteiger partial charge is 0.334 e. The molecule has 0 radical (unpaired) electrons. The normalized spacial score (nSPS) is 15.9. The molecule has 6 nitrogen and oxygen atoms in total. The van der Waals surface area contributed by atoms with Crippen molar-refractivity contribution in [1.29, 1.82) is 0 Å². The van der Waals surface area contributed by atoms with E-state index in [1.807, 2.05) is 61.5 Å². The van der Waals surface area contributed by atoms with Gasteiger partial charge in [-0.2, -0.15) is 4.98 Å². The number of urea groups is 1. The van der Waals surface area contributed by atoms with E-state index in [4.69, 9.17) is 4.52 Å². The summed E-state index contributed by atoms with van der Waals surface area (Å²) in [4.78, 5) is 19.4. The summed E-state index contributed by atoms with van der Waals surface area (Å²) in [5.74, 6) is 0.361. The Morgan fingerprint density at radius 2 is 1.77 bits per heavy atom. The Morgan fingerprint density at radius 1 is 1.03 bits per heavy atom. The molecule has 5 rings (SSSR count). The molecule has 2 heterocycles. The molecule has 4 aromatic rings. The summed E-state index contributed by atoms with van der Waals surface area (Å²) in [7, 11) is 0. The fourth-order valence-electron chi connectivity index (χ4n) is 4.28. The average Bonchev–Trinajstić information content (AvgIpc) is 3.36. The number of aromatic nitrogens is 2. The highest BCUT2D eigenvalue weighted by Gasteiger charge is 2.36. The van der Waals surface area contributed by atoms with Crippen LogP contribution >= 0.6 is 0 Å². The first-order valence-electron chi connectivity index (χ1n) is 11.5. The van der Waals surface area contributed by atoms with E-state index < -0.39 is 6.04 Å². The Morgan fingerprint density at radius 3 is 2.46 bits per heavy atom. The maximum Gasteiger partial charge on any atom is 0.327 e. The van der Waals surface area contributed by atoms with Crippen molar-refractivity contribution in [3.63, 3.8) is 0 Å². The van der Waals surface area contributed by atoms with Gasteiger partial charge in [0.1, 0.15) is 5.82 Å². The van der Waals surface area contributed by atoms with Crippen molar-refractivity contribution in [2.45, 2.75) is 33.2 Å². The predicted octanol–water partition coefficient (Wildman–Crippen LogP) is 6.45. The first-order chi connectivity index (χ1) is 17.0. The second-order valence-corrected chi connectivity index (χ2v) is 8.53. The zero-order chi connectivity index (χ0) is 24.5. The monoisotopic (exact) mass is 468 g/mol. The molecule has 176 valence electrons. The number of hydrogen-bond donors (Lipinski definition) is 1. The summed E-state index contributed by atoms with van der Waals surface area (Å²) >= 11 is 0. The maximum atomic E-state index is 14.4. The number of rotatable bonds is 5. The van der Waals surface area contributed by atoms with Crippen LogP contribution in [-0.4, -0.2) is 16.2 Å². The molecule has 0 fully saturated rings. The van der Waals surface area contributed by atoms with Crippen molar-refractivity contribution in [2.75, 3.05) is 4.90 Å². The van der Waals surface area contributed by atoms with Gasteiger partial charge in [-0.25, -0.2) is 9.18 Å². The molecule has 0 spiro atoms. The van der Waals surface area contributed by atoms with Gasteiger partial charge in [-0.05, 0) is 49.1 Å². The van der Waals surface area contributed by atoms with Crippen LogP contribution in [0.15, 0.2) is 83.0 Å². The molecule has 0 aliphatic carbocycles. The number of anilines is 1. The molecule has 35 heavy (non-hydrogen) atoms. The van der Waals surface area contributed by atoms with Crippen LogP contribution < -0.4 is 10.2 Å². The quantitative estimate of drug-likeness (QED) is 0.365. The Bertz CT molecular complexity index is 1410. The van der Waals surface area contributed by atoms with Crippen LogP contribution in [0.2, 0.25) is 0 Å². The molecule has 2 amide bonds. The molecule has 1 unspecified atom stereocenters. The van der Waals surface area contributed by atoms with Gasteiger partial charge in [0.2, 0.25) is 5.82 Å². The van der Waals surface area contributed by atoms with Gasteiger partial charge in [-0.3, -0.25) is 4.90 Å². The molecule has 1 aromatic heterocycles. The number of benzene rings is 3. The molecular weight excluding hydrogens is 443 g/mol. The molecule has 1 atom stereocenters. The van der Waals surface area contributed by atoms with Crippen molar-refractivity contribution in [1.82, 2.24) is 15.5 Å². The highest BCUT2D eigenvalue weighted by atomic mass is 19.1. The number of halogens is 1. The van der Waals surface area contributed by atoms with E-state index in [0.29, 0.717) is 34.2 Å². The number of carbonyl (C=O) groups excluding carboxylic acids is 1. The third kappa shape index (κ3) is 4.21. The number of hydrogen-bond acceptors (Lipinski definition) is 4. The standard InChI is InChI=1S/C28H25FN4O2/c1-4-19-11-13-20(14-12-19)25-24(27-31-26(32-35-27)21-8-6-5-7-9-21)18(3)33(28(34)30-25)22-15-10-17(2)23(29)16-22/h5-16,25H,4H2,1-3H3,(H,30,34). The number of nitrogens with one attached hydrogen (secondary N) is 1. The number of nitrogens with zero attached hydrogens (tertiary/aromatic N) is 3. The Hall–Kier alpha value is -4.26. The van der Waals surface area contributed by atoms with E-state index in [1.54, 1.807) is 19.1 Å². The predicted molar refractivity (Wildman–Crippen MR) is 133 cm³/mol.